The van der Waals surface area contributed by atoms with Gasteiger partial charge in [0.05, 0.1) is 18.1 Å². The van der Waals surface area contributed by atoms with E-state index >= 15 is 0 Å². The number of halogens is 1. The second-order valence-electron chi connectivity index (χ2n) is 6.39. The zero-order chi connectivity index (χ0) is 17.3. The molecule has 1 saturated heterocycles. The van der Waals surface area contributed by atoms with Crippen LogP contribution in [0.2, 0.25) is 0 Å². The molecule has 3 rings (SSSR count). The molecule has 0 bridgehead atoms. The van der Waals surface area contributed by atoms with Gasteiger partial charge in [0.1, 0.15) is 0 Å². The van der Waals surface area contributed by atoms with Gasteiger partial charge < -0.3 is 10.6 Å². The van der Waals surface area contributed by atoms with Crippen molar-refractivity contribution in [3.05, 3.63) is 34.3 Å². The third kappa shape index (κ3) is 4.36. The smallest absolute Gasteiger partial charge is 0.239 e. The summed E-state index contributed by atoms with van der Waals surface area (Å²) in [6.07, 6.45) is 1.22. The maximum atomic E-state index is 12.1. The number of carbonyl (C=O) groups excluding carboxylic acids is 2. The van der Waals surface area contributed by atoms with E-state index < -0.39 is 9.84 Å². The van der Waals surface area contributed by atoms with Gasteiger partial charge in [-0.25, -0.2) is 8.42 Å². The van der Waals surface area contributed by atoms with Gasteiger partial charge in [-0.3, -0.25) is 9.59 Å². The molecule has 1 saturated carbocycles. The van der Waals surface area contributed by atoms with Gasteiger partial charge in [0.15, 0.2) is 9.84 Å². The summed E-state index contributed by atoms with van der Waals surface area (Å²) in [5, 5.41) is 5.30. The molecule has 24 heavy (non-hydrogen) atoms. The molecule has 2 amide bonds. The third-order valence-electron chi connectivity index (χ3n) is 4.42. The lowest BCUT2D eigenvalue weighted by Gasteiger charge is -2.11. The normalized spacial score (nSPS) is 27.5. The average molecular weight is 415 g/mol. The van der Waals surface area contributed by atoms with Crippen LogP contribution in [0.5, 0.6) is 0 Å². The second-order valence-corrected chi connectivity index (χ2v) is 9.53. The quantitative estimate of drug-likeness (QED) is 0.750. The van der Waals surface area contributed by atoms with Crippen molar-refractivity contribution in [3.8, 4) is 0 Å². The predicted molar refractivity (Wildman–Crippen MR) is 93.2 cm³/mol. The van der Waals surface area contributed by atoms with Gasteiger partial charge in [0.2, 0.25) is 11.8 Å². The minimum absolute atomic E-state index is 0.0136. The van der Waals surface area contributed by atoms with Gasteiger partial charge >= 0.3 is 0 Å². The molecule has 1 heterocycles. The Bertz CT molecular complexity index is 765. The number of nitrogens with one attached hydrogen (secondary N) is 2. The highest BCUT2D eigenvalue weighted by Gasteiger charge is 2.44. The number of hydrogen-bond acceptors (Lipinski definition) is 4. The Hall–Kier alpha value is -1.41. The second kappa shape index (κ2) is 6.84. The van der Waals surface area contributed by atoms with Gasteiger partial charge in [-0.2, -0.15) is 0 Å². The molecule has 1 aliphatic carbocycles. The molecule has 1 aromatic rings. The molecular formula is C16H19BrN2O4S. The Morgan fingerprint density at radius 2 is 2.08 bits per heavy atom. The molecule has 2 N–H and O–H groups in total. The molecule has 0 spiro atoms. The van der Waals surface area contributed by atoms with E-state index in [0.717, 1.165) is 16.5 Å². The van der Waals surface area contributed by atoms with Crippen molar-refractivity contribution in [1.29, 1.82) is 0 Å². The summed E-state index contributed by atoms with van der Waals surface area (Å²) in [6.45, 7) is -0.114. The Morgan fingerprint density at radius 1 is 1.29 bits per heavy atom. The topological polar surface area (TPSA) is 92.3 Å². The molecule has 6 nitrogen and oxygen atoms in total. The maximum absolute atomic E-state index is 12.1. The standard InChI is InChI=1S/C16H19BrN2O4S/c17-11-3-1-2-10(6-11)13-7-14(13)16(21)18-8-15(20)19-12-4-5-24(22,23)9-12/h1-3,6,12-14H,4-5,7-9H2,(H,18,21)(H,19,20). The lowest BCUT2D eigenvalue weighted by Crippen LogP contribution is -2.42. The van der Waals surface area contributed by atoms with Crippen LogP contribution in [-0.4, -0.2) is 44.3 Å². The number of sulfone groups is 1. The summed E-state index contributed by atoms with van der Waals surface area (Å²) in [7, 11) is -3.02. The first-order valence-corrected chi connectivity index (χ1v) is 10.5. The Morgan fingerprint density at radius 3 is 2.75 bits per heavy atom. The molecule has 8 heteroatoms. The number of benzene rings is 1. The van der Waals surface area contributed by atoms with Crippen molar-refractivity contribution in [2.45, 2.75) is 24.8 Å². The monoisotopic (exact) mass is 414 g/mol. The lowest BCUT2D eigenvalue weighted by atomic mass is 10.1. The number of hydrogen-bond donors (Lipinski definition) is 2. The van der Waals surface area contributed by atoms with E-state index in [2.05, 4.69) is 26.6 Å². The fraction of sp³-hybridized carbons (Fsp3) is 0.500. The first kappa shape index (κ1) is 17.4. The summed E-state index contributed by atoms with van der Waals surface area (Å²) in [6, 6.07) is 7.54. The third-order valence-corrected chi connectivity index (χ3v) is 6.69. The van der Waals surface area contributed by atoms with E-state index in [1.54, 1.807) is 0 Å². The predicted octanol–water partition coefficient (Wildman–Crippen LogP) is 0.972. The summed E-state index contributed by atoms with van der Waals surface area (Å²) in [5.41, 5.74) is 1.12. The zero-order valence-corrected chi connectivity index (χ0v) is 15.4. The molecule has 1 aliphatic heterocycles. The summed E-state index contributed by atoms with van der Waals surface area (Å²) >= 11 is 3.42. The van der Waals surface area contributed by atoms with Gasteiger partial charge in [0.25, 0.3) is 0 Å². The fourth-order valence-electron chi connectivity index (χ4n) is 3.08. The van der Waals surface area contributed by atoms with E-state index in [9.17, 15) is 18.0 Å². The van der Waals surface area contributed by atoms with Crippen LogP contribution in [0.4, 0.5) is 0 Å². The first-order chi connectivity index (χ1) is 11.3. The highest BCUT2D eigenvalue weighted by molar-refractivity contribution is 9.10. The van der Waals surface area contributed by atoms with Crippen molar-refractivity contribution >= 4 is 37.6 Å². The van der Waals surface area contributed by atoms with Crippen LogP contribution in [-0.2, 0) is 19.4 Å². The minimum Gasteiger partial charge on any atom is -0.351 e. The maximum Gasteiger partial charge on any atom is 0.239 e. The Kier molecular flexibility index (Phi) is 4.96. The minimum atomic E-state index is -3.02. The van der Waals surface area contributed by atoms with E-state index in [0.29, 0.717) is 6.42 Å². The summed E-state index contributed by atoms with van der Waals surface area (Å²) in [4.78, 5) is 23.9. The van der Waals surface area contributed by atoms with Crippen molar-refractivity contribution < 1.29 is 18.0 Å². The van der Waals surface area contributed by atoms with Crippen LogP contribution >= 0.6 is 15.9 Å². The Balaban J connectivity index is 1.43. The SMILES string of the molecule is O=C(CNC(=O)C1CC1c1cccc(Br)c1)NC1CCS(=O)(=O)C1. The molecule has 0 aromatic heterocycles. The van der Waals surface area contributed by atoms with Gasteiger partial charge in [-0.1, -0.05) is 28.1 Å². The molecule has 2 fully saturated rings. The summed E-state index contributed by atoms with van der Waals surface area (Å²) in [5.74, 6) is -0.273. The van der Waals surface area contributed by atoms with E-state index in [-0.39, 0.29) is 47.7 Å². The van der Waals surface area contributed by atoms with Crippen molar-refractivity contribution in [2.75, 3.05) is 18.1 Å². The van der Waals surface area contributed by atoms with Gasteiger partial charge in [-0.15, -0.1) is 0 Å². The van der Waals surface area contributed by atoms with Crippen LogP contribution in [0.25, 0.3) is 0 Å². The molecule has 130 valence electrons. The van der Waals surface area contributed by atoms with Crippen LogP contribution in [0.1, 0.15) is 24.3 Å². The average Bonchev–Trinajstić information content (AvgIpc) is 3.24. The highest BCUT2D eigenvalue weighted by Crippen LogP contribution is 2.47. The van der Waals surface area contributed by atoms with Gasteiger partial charge in [0, 0.05) is 16.4 Å². The molecule has 3 unspecified atom stereocenters. The fourth-order valence-corrected chi connectivity index (χ4v) is 5.17. The lowest BCUT2D eigenvalue weighted by molar-refractivity contribution is -0.127. The molecular weight excluding hydrogens is 396 g/mol. The van der Waals surface area contributed by atoms with Crippen LogP contribution in [0, 0.1) is 5.92 Å². The molecule has 2 aliphatic rings. The van der Waals surface area contributed by atoms with Crippen LogP contribution < -0.4 is 10.6 Å². The molecule has 1 aromatic carbocycles. The van der Waals surface area contributed by atoms with E-state index in [4.69, 9.17) is 0 Å². The van der Waals surface area contributed by atoms with Crippen molar-refractivity contribution in [3.63, 3.8) is 0 Å². The van der Waals surface area contributed by atoms with E-state index in [1.165, 1.54) is 0 Å². The number of carbonyl (C=O) groups is 2. The van der Waals surface area contributed by atoms with Crippen molar-refractivity contribution in [1.82, 2.24) is 10.6 Å². The van der Waals surface area contributed by atoms with Crippen LogP contribution in [0.15, 0.2) is 28.7 Å². The molecule has 0 radical (unpaired) electrons. The largest absolute Gasteiger partial charge is 0.351 e. The summed E-state index contributed by atoms with van der Waals surface area (Å²) < 4.78 is 23.7. The molecule has 3 atom stereocenters. The van der Waals surface area contributed by atoms with Crippen LogP contribution in [0.3, 0.4) is 0 Å². The Labute approximate surface area is 149 Å². The zero-order valence-electron chi connectivity index (χ0n) is 13.0. The number of amides is 2. The first-order valence-electron chi connectivity index (χ1n) is 7.87. The van der Waals surface area contributed by atoms with E-state index in [1.807, 2.05) is 24.3 Å². The highest BCUT2D eigenvalue weighted by atomic mass is 79.9. The number of rotatable bonds is 5. The van der Waals surface area contributed by atoms with Gasteiger partial charge in [-0.05, 0) is 36.5 Å². The van der Waals surface area contributed by atoms with Crippen molar-refractivity contribution in [2.24, 2.45) is 5.92 Å².